The molecule has 0 amide bonds. The van der Waals surface area contributed by atoms with Crippen molar-refractivity contribution in [3.63, 3.8) is 0 Å². The first kappa shape index (κ1) is 21.8. The van der Waals surface area contributed by atoms with E-state index < -0.39 is 39.1 Å². The third-order valence-electron chi connectivity index (χ3n) is 3.54. The molecule has 0 spiro atoms. The molecule has 0 fully saturated rings. The molecule has 12 heteroatoms. The van der Waals surface area contributed by atoms with Gasteiger partial charge in [-0.1, -0.05) is 17.7 Å². The van der Waals surface area contributed by atoms with E-state index in [4.69, 9.17) is 0 Å². The Bertz CT molecular complexity index is 1290. The van der Waals surface area contributed by atoms with Crippen LogP contribution in [0.4, 0.5) is 0 Å². The van der Waals surface area contributed by atoms with Gasteiger partial charge in [-0.25, -0.2) is 16.8 Å². The van der Waals surface area contributed by atoms with E-state index in [2.05, 4.69) is 8.97 Å². The highest BCUT2D eigenvalue weighted by Crippen LogP contribution is 2.25. The second-order valence-corrected chi connectivity index (χ2v) is 11.4. The quantitative estimate of drug-likeness (QED) is 0.228. The monoisotopic (exact) mass is 444 g/mol. The Morgan fingerprint density at radius 2 is 1.46 bits per heavy atom. The molecule has 2 rings (SSSR count). The first-order chi connectivity index (χ1) is 12.8. The van der Waals surface area contributed by atoms with Crippen LogP contribution in [-0.2, 0) is 29.8 Å². The van der Waals surface area contributed by atoms with Crippen LogP contribution in [0.5, 0.6) is 5.75 Å². The Kier molecular flexibility index (Phi) is 5.81. The lowest BCUT2D eigenvalue weighted by Crippen LogP contribution is -2.26. The van der Waals surface area contributed by atoms with Gasteiger partial charge in [0.15, 0.2) is 0 Å². The zero-order chi connectivity index (χ0) is 21.3. The smallest absolute Gasteiger partial charge is 0.383 e. The number of rotatable bonds is 4. The summed E-state index contributed by atoms with van der Waals surface area (Å²) >= 11 is 0. The normalized spacial score (nSPS) is 12.2. The highest BCUT2D eigenvalue weighted by molar-refractivity contribution is 8.31. The van der Waals surface area contributed by atoms with Crippen molar-refractivity contribution in [2.24, 2.45) is 0 Å². The molecule has 0 unspecified atom stereocenters. The van der Waals surface area contributed by atoms with E-state index in [1.54, 1.807) is 13.0 Å². The lowest BCUT2D eigenvalue weighted by Gasteiger charge is -2.07. The molecule has 0 atom stereocenters. The van der Waals surface area contributed by atoms with Gasteiger partial charge in [0.05, 0.1) is 16.0 Å². The van der Waals surface area contributed by atoms with E-state index in [0.717, 1.165) is 36.1 Å². The molecule has 150 valence electrons. The highest BCUT2D eigenvalue weighted by atomic mass is 32.3. The average Bonchev–Trinajstić information content (AvgIpc) is 2.53. The molecule has 0 N–H and O–H groups in total. The van der Waals surface area contributed by atoms with Crippen LogP contribution < -0.4 is 4.18 Å². The van der Waals surface area contributed by atoms with Gasteiger partial charge >= 0.3 is 14.5 Å². The molecule has 0 radical (unpaired) electrons. The third kappa shape index (κ3) is 4.47. The number of hydrogen-bond donors (Lipinski definition) is 0. The Balaban J connectivity index is 2.55. The van der Waals surface area contributed by atoms with Gasteiger partial charge in [0.2, 0.25) is 0 Å². The van der Waals surface area contributed by atoms with Crippen molar-refractivity contribution in [1.29, 1.82) is 0 Å². The molecule has 9 nitrogen and oxygen atoms in total. The molecule has 0 saturated heterocycles. The summed E-state index contributed by atoms with van der Waals surface area (Å²) in [5, 5.41) is 0. The highest BCUT2D eigenvalue weighted by Gasteiger charge is 2.44. The lowest BCUT2D eigenvalue weighted by molar-refractivity contribution is 0.00380. The first-order valence-electron chi connectivity index (χ1n) is 7.58. The predicted molar refractivity (Wildman–Crippen MR) is 101 cm³/mol. The van der Waals surface area contributed by atoms with E-state index in [0.29, 0.717) is 0 Å². The average molecular weight is 445 g/mol. The van der Waals surface area contributed by atoms with Gasteiger partial charge < -0.3 is 9.71 Å². The van der Waals surface area contributed by atoms with Crippen LogP contribution in [0.15, 0.2) is 52.3 Å². The maximum Gasteiger partial charge on any atom is 0.504 e. The summed E-state index contributed by atoms with van der Waals surface area (Å²) in [7, 11) is -13.2. The number of benzene rings is 2. The van der Waals surface area contributed by atoms with Crippen molar-refractivity contribution in [3.05, 3.63) is 59.1 Å². The van der Waals surface area contributed by atoms with Gasteiger partial charge in [-0.05, 0) is 49.7 Å². The van der Waals surface area contributed by atoms with Crippen molar-refractivity contribution in [3.8, 4) is 5.75 Å². The van der Waals surface area contributed by atoms with Gasteiger partial charge in [0.25, 0.3) is 19.7 Å². The molecule has 0 aliphatic heterocycles. The zero-order valence-electron chi connectivity index (χ0n) is 15.0. The standard InChI is InChI=1S/C16H16N2O7S3/c1-11-4-9-15(12(2)10-11)28(23,24)16(18-17)27(21,22)14-7-5-13(6-8-14)25-26(3,19)20/h4-10H,1-3H3. The van der Waals surface area contributed by atoms with E-state index in [-0.39, 0.29) is 16.2 Å². The van der Waals surface area contributed by atoms with E-state index >= 15 is 0 Å². The number of aryl methyl sites for hydroxylation is 2. The van der Waals surface area contributed by atoms with Crippen LogP contribution in [0.2, 0.25) is 0 Å². The Morgan fingerprint density at radius 1 is 0.893 bits per heavy atom. The maximum absolute atomic E-state index is 12.8. The van der Waals surface area contributed by atoms with E-state index in [1.165, 1.54) is 19.1 Å². The first-order valence-corrected chi connectivity index (χ1v) is 12.4. The summed E-state index contributed by atoms with van der Waals surface area (Å²) in [6.45, 7) is 3.22. The SMILES string of the molecule is Cc1ccc(S(=O)(=O)C(=[N+]=[N-])S(=O)(=O)c2ccc(OS(C)(=O)=O)cc2)c(C)c1. The lowest BCUT2D eigenvalue weighted by atomic mass is 10.2. The van der Waals surface area contributed by atoms with E-state index in [9.17, 15) is 30.8 Å². The van der Waals surface area contributed by atoms with Gasteiger partial charge in [-0.15, -0.1) is 4.79 Å². The zero-order valence-corrected chi connectivity index (χ0v) is 17.5. The van der Waals surface area contributed by atoms with Gasteiger partial charge in [0, 0.05) is 0 Å². The van der Waals surface area contributed by atoms with Crippen molar-refractivity contribution in [1.82, 2.24) is 0 Å². The summed E-state index contributed by atoms with van der Waals surface area (Å²) in [4.78, 5) is 1.71. The molecule has 0 aliphatic rings. The molecule has 28 heavy (non-hydrogen) atoms. The summed E-state index contributed by atoms with van der Waals surface area (Å²) in [6.07, 6.45) is 0.810. The number of hydrogen-bond acceptors (Lipinski definition) is 7. The van der Waals surface area contributed by atoms with Crippen molar-refractivity contribution in [2.75, 3.05) is 6.26 Å². The molecule has 2 aromatic rings. The minimum absolute atomic E-state index is 0.166. The van der Waals surface area contributed by atoms with Crippen LogP contribution >= 0.6 is 0 Å². The van der Waals surface area contributed by atoms with E-state index in [1.807, 2.05) is 0 Å². The molecule has 0 bridgehead atoms. The fourth-order valence-electron chi connectivity index (χ4n) is 2.40. The fourth-order valence-corrected chi connectivity index (χ4v) is 6.40. The van der Waals surface area contributed by atoms with Crippen LogP contribution in [0.25, 0.3) is 5.53 Å². The summed E-state index contributed by atoms with van der Waals surface area (Å²) in [5.41, 5.74) is 10.3. The molecule has 0 aliphatic carbocycles. The van der Waals surface area contributed by atoms with Gasteiger partial charge in [-0.2, -0.15) is 8.42 Å². The minimum Gasteiger partial charge on any atom is -0.383 e. The number of sulfone groups is 2. The van der Waals surface area contributed by atoms with Crippen LogP contribution in [0.1, 0.15) is 11.1 Å². The Labute approximate surface area is 163 Å². The topological polar surface area (TPSA) is 148 Å². The third-order valence-corrected chi connectivity index (χ3v) is 8.37. The summed E-state index contributed by atoms with van der Waals surface area (Å²) in [5.74, 6) is -0.166. The molecular formula is C16H16N2O7S3. The second-order valence-electron chi connectivity index (χ2n) is 5.90. The summed E-state index contributed by atoms with van der Waals surface area (Å²) < 4.78 is 76.4. The minimum atomic E-state index is -4.74. The molecular weight excluding hydrogens is 428 g/mol. The Hall–Kier alpha value is -2.53. The second kappa shape index (κ2) is 7.47. The molecule has 0 aromatic heterocycles. The van der Waals surface area contributed by atoms with Gasteiger partial charge in [0.1, 0.15) is 5.75 Å². The largest absolute Gasteiger partial charge is 0.504 e. The van der Waals surface area contributed by atoms with Crippen LogP contribution in [-0.4, -0.2) is 40.7 Å². The molecule has 0 saturated carbocycles. The Morgan fingerprint density at radius 3 is 1.93 bits per heavy atom. The van der Waals surface area contributed by atoms with Gasteiger partial charge in [-0.3, -0.25) is 0 Å². The molecule has 2 aromatic carbocycles. The van der Waals surface area contributed by atoms with Crippen molar-refractivity contribution in [2.45, 2.75) is 23.6 Å². The van der Waals surface area contributed by atoms with Crippen LogP contribution in [0, 0.1) is 13.8 Å². The fraction of sp³-hybridized carbons (Fsp3) is 0.188. The van der Waals surface area contributed by atoms with Crippen LogP contribution in [0.3, 0.4) is 0 Å². The van der Waals surface area contributed by atoms with Crippen molar-refractivity contribution < 1.29 is 34.2 Å². The maximum atomic E-state index is 12.8. The predicted octanol–water partition coefficient (Wildman–Crippen LogP) is 1.48. The number of nitrogens with zero attached hydrogens (tertiary/aromatic N) is 2. The summed E-state index contributed by atoms with van der Waals surface area (Å²) in [6, 6.07) is 8.21. The molecule has 0 heterocycles. The van der Waals surface area contributed by atoms with Crippen molar-refractivity contribution >= 4 is 34.2 Å².